The first-order chi connectivity index (χ1) is 13.4. The average molecular weight is 396 g/mol. The van der Waals surface area contributed by atoms with Gasteiger partial charge >= 0.3 is 6.03 Å². The van der Waals surface area contributed by atoms with Crippen LogP contribution >= 0.6 is 11.3 Å². The van der Waals surface area contributed by atoms with Gasteiger partial charge in [0.1, 0.15) is 22.4 Å². The predicted molar refractivity (Wildman–Crippen MR) is 107 cm³/mol. The number of nitrogens with one attached hydrogen (secondary N) is 2. The van der Waals surface area contributed by atoms with Gasteiger partial charge in [0.15, 0.2) is 0 Å². The van der Waals surface area contributed by atoms with E-state index in [9.17, 15) is 9.59 Å². The number of ether oxygens (including phenoxy) is 1. The fourth-order valence-corrected chi connectivity index (χ4v) is 4.20. The smallest absolute Gasteiger partial charge is 0.322 e. The van der Waals surface area contributed by atoms with Gasteiger partial charge in [-0.25, -0.2) is 14.8 Å². The van der Waals surface area contributed by atoms with Gasteiger partial charge in [-0.05, 0) is 56.9 Å². The normalized spacial score (nSPS) is 19.0. The van der Waals surface area contributed by atoms with E-state index in [2.05, 4.69) is 27.5 Å². The van der Waals surface area contributed by atoms with Gasteiger partial charge in [0.05, 0.1) is 5.39 Å². The van der Waals surface area contributed by atoms with Crippen molar-refractivity contribution in [3.8, 4) is 11.6 Å². The first-order valence-corrected chi connectivity index (χ1v) is 9.78. The molecule has 0 bridgehead atoms. The molecule has 1 saturated heterocycles. The zero-order valence-electron chi connectivity index (χ0n) is 15.8. The summed E-state index contributed by atoms with van der Waals surface area (Å²) in [4.78, 5) is 34.0. The van der Waals surface area contributed by atoms with Gasteiger partial charge in [0.25, 0.3) is 5.91 Å². The molecule has 1 aliphatic heterocycles. The number of carbonyl (C=O) groups is 2. The molecule has 0 spiro atoms. The molecule has 7 nitrogen and oxygen atoms in total. The Hall–Kier alpha value is -3.00. The lowest BCUT2D eigenvalue weighted by molar-refractivity contribution is -0.123. The van der Waals surface area contributed by atoms with Crippen LogP contribution in [0.4, 0.5) is 4.79 Å². The van der Waals surface area contributed by atoms with Gasteiger partial charge in [0.2, 0.25) is 5.88 Å². The summed E-state index contributed by atoms with van der Waals surface area (Å²) < 4.78 is 6.00. The molecule has 0 unspecified atom stereocenters. The molecule has 3 heterocycles. The van der Waals surface area contributed by atoms with Crippen LogP contribution in [0.1, 0.15) is 29.3 Å². The summed E-state index contributed by atoms with van der Waals surface area (Å²) in [5.41, 5.74) is 1.32. The quantitative estimate of drug-likeness (QED) is 0.643. The lowest BCUT2D eigenvalue weighted by Gasteiger charge is -2.20. The van der Waals surface area contributed by atoms with E-state index in [-0.39, 0.29) is 5.91 Å². The molecule has 2 aromatic heterocycles. The molecular weight excluding hydrogens is 376 g/mol. The molecule has 0 radical (unpaired) electrons. The minimum absolute atomic E-state index is 0.286. The lowest BCUT2D eigenvalue weighted by atomic mass is 9.93. The average Bonchev–Trinajstić information content (AvgIpc) is 3.10. The number of hydrogen-bond acceptors (Lipinski definition) is 6. The number of amides is 3. The Kier molecular flexibility index (Phi) is 4.50. The number of rotatable bonds is 5. The molecule has 3 aromatic rings. The Bertz CT molecular complexity index is 1080. The first-order valence-electron chi connectivity index (χ1n) is 8.97. The summed E-state index contributed by atoms with van der Waals surface area (Å²) in [5.74, 6) is 0.953. The number of imide groups is 1. The summed E-state index contributed by atoms with van der Waals surface area (Å²) in [7, 11) is 0. The molecule has 1 fully saturated rings. The molecule has 28 heavy (non-hydrogen) atoms. The molecule has 4 rings (SSSR count). The minimum Gasteiger partial charge on any atom is -0.438 e. The Morgan fingerprint density at radius 3 is 2.57 bits per heavy atom. The van der Waals surface area contributed by atoms with Crippen molar-refractivity contribution in [2.45, 2.75) is 39.2 Å². The van der Waals surface area contributed by atoms with Crippen LogP contribution in [-0.4, -0.2) is 27.4 Å². The number of aromatic nitrogens is 2. The zero-order chi connectivity index (χ0) is 19.9. The van der Waals surface area contributed by atoms with Crippen molar-refractivity contribution in [1.82, 2.24) is 20.6 Å². The number of fused-ring (bicyclic) bond motifs is 1. The number of thiophene rings is 1. The number of aryl methyl sites for hydroxylation is 3. The van der Waals surface area contributed by atoms with Crippen molar-refractivity contribution in [2.24, 2.45) is 0 Å². The zero-order valence-corrected chi connectivity index (χ0v) is 16.6. The van der Waals surface area contributed by atoms with Gasteiger partial charge in [-0.3, -0.25) is 10.1 Å². The summed E-state index contributed by atoms with van der Waals surface area (Å²) in [6.07, 6.45) is 2.69. The van der Waals surface area contributed by atoms with Crippen LogP contribution in [0.5, 0.6) is 11.6 Å². The van der Waals surface area contributed by atoms with E-state index in [4.69, 9.17) is 4.74 Å². The van der Waals surface area contributed by atoms with E-state index in [1.807, 2.05) is 31.2 Å². The van der Waals surface area contributed by atoms with E-state index in [0.717, 1.165) is 21.3 Å². The van der Waals surface area contributed by atoms with Crippen LogP contribution < -0.4 is 15.4 Å². The van der Waals surface area contributed by atoms with Crippen molar-refractivity contribution in [3.05, 3.63) is 46.6 Å². The third-order valence-corrected chi connectivity index (χ3v) is 6.22. The molecule has 144 valence electrons. The highest BCUT2D eigenvalue weighted by Crippen LogP contribution is 2.35. The van der Waals surface area contributed by atoms with Gasteiger partial charge in [-0.15, -0.1) is 11.3 Å². The number of hydrogen-bond donors (Lipinski definition) is 2. The number of benzene rings is 1. The molecule has 1 aromatic carbocycles. The maximum Gasteiger partial charge on any atom is 0.322 e. The van der Waals surface area contributed by atoms with Crippen LogP contribution in [0.15, 0.2) is 30.6 Å². The maximum atomic E-state index is 11.9. The highest BCUT2D eigenvalue weighted by atomic mass is 32.1. The Balaban J connectivity index is 1.47. The highest BCUT2D eigenvalue weighted by molar-refractivity contribution is 7.18. The largest absolute Gasteiger partial charge is 0.438 e. The molecule has 0 saturated carbocycles. The molecule has 0 aliphatic carbocycles. The fraction of sp³-hybridized carbons (Fsp3) is 0.300. The fourth-order valence-electron chi connectivity index (χ4n) is 3.21. The highest BCUT2D eigenvalue weighted by Gasteiger charge is 2.41. The molecule has 1 aliphatic rings. The van der Waals surface area contributed by atoms with Crippen LogP contribution in [0.3, 0.4) is 0 Å². The predicted octanol–water partition coefficient (Wildman–Crippen LogP) is 3.63. The van der Waals surface area contributed by atoms with E-state index in [0.29, 0.717) is 24.5 Å². The van der Waals surface area contributed by atoms with E-state index < -0.39 is 11.6 Å². The summed E-state index contributed by atoms with van der Waals surface area (Å²) in [6, 6.07) is 7.24. The lowest BCUT2D eigenvalue weighted by Crippen LogP contribution is -2.43. The Morgan fingerprint density at radius 1 is 1.14 bits per heavy atom. The molecule has 1 atom stereocenters. The summed E-state index contributed by atoms with van der Waals surface area (Å²) in [5, 5.41) is 5.91. The van der Waals surface area contributed by atoms with Crippen molar-refractivity contribution < 1.29 is 14.3 Å². The molecule has 2 N–H and O–H groups in total. The van der Waals surface area contributed by atoms with E-state index in [1.54, 1.807) is 18.3 Å². The molecule has 8 heteroatoms. The maximum absolute atomic E-state index is 11.9. The first kappa shape index (κ1) is 18.4. The third-order valence-electron chi connectivity index (χ3n) is 5.10. The van der Waals surface area contributed by atoms with Gasteiger partial charge in [-0.1, -0.05) is 12.1 Å². The second-order valence-corrected chi connectivity index (χ2v) is 8.33. The summed E-state index contributed by atoms with van der Waals surface area (Å²) in [6.45, 7) is 5.84. The second-order valence-electron chi connectivity index (χ2n) is 7.13. The minimum atomic E-state index is -0.868. The van der Waals surface area contributed by atoms with Crippen molar-refractivity contribution in [3.63, 3.8) is 0 Å². The van der Waals surface area contributed by atoms with Gasteiger partial charge in [0, 0.05) is 4.88 Å². The van der Waals surface area contributed by atoms with Crippen LogP contribution in [0.2, 0.25) is 0 Å². The SMILES string of the molecule is Cc1sc2ncnc(Oc3ccc(CC[C@]4(C)NC(=O)NC4=O)cc3)c2c1C. The van der Waals surface area contributed by atoms with Crippen LogP contribution in [-0.2, 0) is 11.2 Å². The van der Waals surface area contributed by atoms with Crippen LogP contribution in [0.25, 0.3) is 10.2 Å². The number of urea groups is 1. The van der Waals surface area contributed by atoms with E-state index in [1.165, 1.54) is 11.2 Å². The molecular formula is C20H20N4O3S. The number of carbonyl (C=O) groups excluding carboxylic acids is 2. The Labute approximate surface area is 166 Å². The van der Waals surface area contributed by atoms with Gasteiger partial charge in [-0.2, -0.15) is 0 Å². The summed E-state index contributed by atoms with van der Waals surface area (Å²) >= 11 is 1.63. The van der Waals surface area contributed by atoms with Crippen molar-refractivity contribution >= 4 is 33.5 Å². The monoisotopic (exact) mass is 396 g/mol. The standard InChI is InChI=1S/C20H20N4O3S/c1-11-12(2)28-17-15(11)16(21-10-22-17)27-14-6-4-13(5-7-14)8-9-20(3)18(25)23-19(26)24-20/h4-7,10H,8-9H2,1-3H3,(H2,23,24,25,26)/t20-/m0/s1. The number of nitrogens with zero attached hydrogens (tertiary/aromatic N) is 2. The van der Waals surface area contributed by atoms with E-state index >= 15 is 0 Å². The van der Waals surface area contributed by atoms with Crippen molar-refractivity contribution in [1.29, 1.82) is 0 Å². The third kappa shape index (κ3) is 3.31. The van der Waals surface area contributed by atoms with Crippen LogP contribution in [0, 0.1) is 13.8 Å². The molecule has 3 amide bonds. The second kappa shape index (κ2) is 6.87. The topological polar surface area (TPSA) is 93.2 Å². The van der Waals surface area contributed by atoms with Gasteiger partial charge < -0.3 is 10.1 Å². The Morgan fingerprint density at radius 2 is 1.89 bits per heavy atom. The van der Waals surface area contributed by atoms with Crippen molar-refractivity contribution in [2.75, 3.05) is 0 Å².